The van der Waals surface area contributed by atoms with Crippen molar-refractivity contribution in [1.29, 1.82) is 0 Å². The maximum Gasteiger partial charge on any atom is 0.0337 e. The van der Waals surface area contributed by atoms with Crippen molar-refractivity contribution in [3.05, 3.63) is 0 Å². The summed E-state index contributed by atoms with van der Waals surface area (Å²) < 4.78 is 0. The number of nitrogens with zero attached hydrogens (tertiary/aromatic N) is 1. The van der Waals surface area contributed by atoms with Gasteiger partial charge in [-0.05, 0) is 55.9 Å². The second-order valence-electron chi connectivity index (χ2n) is 8.31. The summed E-state index contributed by atoms with van der Waals surface area (Å²) in [4.78, 5) is 2.81. The highest BCUT2D eigenvalue weighted by Gasteiger charge is 2.48. The van der Waals surface area contributed by atoms with E-state index in [0.717, 1.165) is 18.4 Å². The molecule has 3 fully saturated rings. The molecule has 0 aromatic carbocycles. The van der Waals surface area contributed by atoms with Crippen molar-refractivity contribution in [2.75, 3.05) is 19.6 Å². The van der Waals surface area contributed by atoms with E-state index in [1.807, 2.05) is 0 Å². The van der Waals surface area contributed by atoms with Crippen LogP contribution in [-0.2, 0) is 0 Å². The quantitative estimate of drug-likeness (QED) is 0.828. The zero-order valence-electron chi connectivity index (χ0n) is 13.0. The van der Waals surface area contributed by atoms with Gasteiger partial charge in [-0.15, -0.1) is 0 Å². The van der Waals surface area contributed by atoms with Crippen LogP contribution in [0.4, 0.5) is 0 Å². The maximum absolute atomic E-state index is 6.25. The fraction of sp³-hybridized carbons (Fsp3) is 1.00. The van der Waals surface area contributed by atoms with E-state index in [-0.39, 0.29) is 0 Å². The molecular formula is C17H32N2. The van der Waals surface area contributed by atoms with Gasteiger partial charge in [-0.1, -0.05) is 33.1 Å². The number of nitrogens with two attached hydrogens (primary N) is 1. The maximum atomic E-state index is 6.25. The third kappa shape index (κ3) is 2.58. The lowest BCUT2D eigenvalue weighted by molar-refractivity contribution is 0.00554. The number of hydrogen-bond donors (Lipinski definition) is 1. The minimum Gasteiger partial charge on any atom is -0.329 e. The Bertz CT molecular complexity index is 325. The van der Waals surface area contributed by atoms with Gasteiger partial charge in [-0.2, -0.15) is 0 Å². The Labute approximate surface area is 119 Å². The Morgan fingerprint density at radius 1 is 1.05 bits per heavy atom. The van der Waals surface area contributed by atoms with Crippen molar-refractivity contribution < 1.29 is 0 Å². The van der Waals surface area contributed by atoms with Gasteiger partial charge in [0.25, 0.3) is 0 Å². The fourth-order valence-corrected chi connectivity index (χ4v) is 5.24. The summed E-state index contributed by atoms with van der Waals surface area (Å²) in [7, 11) is 0. The minimum atomic E-state index is 0.339. The molecule has 2 aliphatic carbocycles. The molecule has 2 saturated carbocycles. The van der Waals surface area contributed by atoms with Gasteiger partial charge in [-0.3, -0.25) is 4.90 Å². The first-order chi connectivity index (χ1) is 9.05. The molecule has 0 radical (unpaired) electrons. The van der Waals surface area contributed by atoms with E-state index in [9.17, 15) is 0 Å². The summed E-state index contributed by atoms with van der Waals surface area (Å²) in [5.74, 6) is 2.02. The standard InChI is InChI=1S/C17H32N2/c1-16(2)8-9-17(12-16,13-18)19-10-7-14-5-3-4-6-15(14)11-19/h14-15H,3-13,18H2,1-2H3. The van der Waals surface area contributed by atoms with Gasteiger partial charge in [0.2, 0.25) is 0 Å². The van der Waals surface area contributed by atoms with Gasteiger partial charge in [0.15, 0.2) is 0 Å². The van der Waals surface area contributed by atoms with E-state index < -0.39 is 0 Å². The van der Waals surface area contributed by atoms with Crippen molar-refractivity contribution >= 4 is 0 Å². The van der Waals surface area contributed by atoms with Gasteiger partial charge >= 0.3 is 0 Å². The SMILES string of the molecule is CC1(C)CCC(CN)(N2CCC3CCCCC3C2)C1. The lowest BCUT2D eigenvalue weighted by Crippen LogP contribution is -2.57. The zero-order valence-corrected chi connectivity index (χ0v) is 13.0. The van der Waals surface area contributed by atoms with E-state index in [1.165, 1.54) is 64.5 Å². The third-order valence-electron chi connectivity index (χ3n) is 6.42. The van der Waals surface area contributed by atoms with Crippen molar-refractivity contribution in [2.24, 2.45) is 23.0 Å². The summed E-state index contributed by atoms with van der Waals surface area (Å²) in [5, 5.41) is 0. The van der Waals surface area contributed by atoms with Gasteiger partial charge in [0.05, 0.1) is 0 Å². The van der Waals surface area contributed by atoms with Crippen LogP contribution in [0, 0.1) is 17.3 Å². The Morgan fingerprint density at radius 2 is 1.79 bits per heavy atom. The van der Waals surface area contributed by atoms with E-state index in [1.54, 1.807) is 0 Å². The van der Waals surface area contributed by atoms with Crippen LogP contribution in [0.3, 0.4) is 0 Å². The third-order valence-corrected chi connectivity index (χ3v) is 6.42. The van der Waals surface area contributed by atoms with Crippen molar-refractivity contribution in [3.63, 3.8) is 0 Å². The first kappa shape index (κ1) is 13.9. The average molecular weight is 264 g/mol. The van der Waals surface area contributed by atoms with Crippen LogP contribution in [0.5, 0.6) is 0 Å². The first-order valence-corrected chi connectivity index (χ1v) is 8.50. The molecule has 2 heteroatoms. The van der Waals surface area contributed by atoms with Gasteiger partial charge in [-0.25, -0.2) is 0 Å². The van der Waals surface area contributed by atoms with Gasteiger partial charge < -0.3 is 5.73 Å². The van der Waals surface area contributed by atoms with Crippen LogP contribution < -0.4 is 5.73 Å². The predicted octanol–water partition coefficient (Wildman–Crippen LogP) is 3.41. The van der Waals surface area contributed by atoms with Crippen molar-refractivity contribution in [2.45, 2.75) is 70.8 Å². The fourth-order valence-electron chi connectivity index (χ4n) is 5.24. The molecule has 2 nitrogen and oxygen atoms in total. The molecule has 1 aliphatic heterocycles. The minimum absolute atomic E-state index is 0.339. The highest BCUT2D eigenvalue weighted by Crippen LogP contribution is 2.48. The summed E-state index contributed by atoms with van der Waals surface area (Å²) in [6.07, 6.45) is 11.4. The van der Waals surface area contributed by atoms with Crippen molar-refractivity contribution in [1.82, 2.24) is 4.90 Å². The molecule has 19 heavy (non-hydrogen) atoms. The van der Waals surface area contributed by atoms with Crippen LogP contribution in [0.1, 0.15) is 65.2 Å². The first-order valence-electron chi connectivity index (χ1n) is 8.50. The topological polar surface area (TPSA) is 29.3 Å². The summed E-state index contributed by atoms with van der Waals surface area (Å²) in [5.41, 5.74) is 7.09. The molecule has 1 heterocycles. The van der Waals surface area contributed by atoms with E-state index in [0.29, 0.717) is 11.0 Å². The molecule has 1 saturated heterocycles. The number of piperidine rings is 1. The molecule has 3 unspecified atom stereocenters. The summed E-state index contributed by atoms with van der Waals surface area (Å²) in [6, 6.07) is 0. The highest BCUT2D eigenvalue weighted by molar-refractivity contribution is 5.04. The second-order valence-corrected chi connectivity index (χ2v) is 8.31. The highest BCUT2D eigenvalue weighted by atomic mass is 15.2. The van der Waals surface area contributed by atoms with E-state index in [4.69, 9.17) is 5.73 Å². The molecule has 0 aromatic heterocycles. The normalized spacial score (nSPS) is 43.1. The number of likely N-dealkylation sites (tertiary alicyclic amines) is 1. The van der Waals surface area contributed by atoms with Crippen molar-refractivity contribution in [3.8, 4) is 0 Å². The van der Waals surface area contributed by atoms with Crippen LogP contribution in [0.2, 0.25) is 0 Å². The molecule has 110 valence electrons. The van der Waals surface area contributed by atoms with Crippen LogP contribution in [0.15, 0.2) is 0 Å². The van der Waals surface area contributed by atoms with Crippen LogP contribution >= 0.6 is 0 Å². The number of fused-ring (bicyclic) bond motifs is 1. The number of rotatable bonds is 2. The Kier molecular flexibility index (Phi) is 3.68. The zero-order chi connectivity index (χ0) is 13.5. The Hall–Kier alpha value is -0.0800. The van der Waals surface area contributed by atoms with Gasteiger partial charge in [0.1, 0.15) is 0 Å². The monoisotopic (exact) mass is 264 g/mol. The molecule has 3 rings (SSSR count). The molecular weight excluding hydrogens is 232 g/mol. The lowest BCUT2D eigenvalue weighted by Gasteiger charge is -2.49. The van der Waals surface area contributed by atoms with Crippen LogP contribution in [0.25, 0.3) is 0 Å². The summed E-state index contributed by atoms with van der Waals surface area (Å²) in [6.45, 7) is 8.38. The Balaban J connectivity index is 1.71. The molecule has 0 aromatic rings. The second kappa shape index (κ2) is 5.04. The lowest BCUT2D eigenvalue weighted by atomic mass is 9.73. The average Bonchev–Trinajstić information content (AvgIpc) is 2.75. The summed E-state index contributed by atoms with van der Waals surface area (Å²) >= 11 is 0. The van der Waals surface area contributed by atoms with E-state index in [2.05, 4.69) is 18.7 Å². The molecule has 2 N–H and O–H groups in total. The van der Waals surface area contributed by atoms with Crippen LogP contribution in [-0.4, -0.2) is 30.1 Å². The Morgan fingerprint density at radius 3 is 2.42 bits per heavy atom. The van der Waals surface area contributed by atoms with Gasteiger partial charge in [0, 0.05) is 18.6 Å². The van der Waals surface area contributed by atoms with E-state index >= 15 is 0 Å². The molecule has 3 aliphatic rings. The molecule has 0 amide bonds. The largest absolute Gasteiger partial charge is 0.329 e. The molecule has 0 bridgehead atoms. The molecule has 3 atom stereocenters. The number of hydrogen-bond acceptors (Lipinski definition) is 2. The smallest absolute Gasteiger partial charge is 0.0337 e. The molecule has 0 spiro atoms. The predicted molar refractivity (Wildman–Crippen MR) is 81.1 cm³/mol.